The maximum absolute atomic E-state index is 11.9. The molecule has 2 unspecified atom stereocenters. The Morgan fingerprint density at radius 3 is 2.23 bits per heavy atom. The van der Waals surface area contributed by atoms with E-state index in [9.17, 15) is 22.7 Å². The van der Waals surface area contributed by atoms with Gasteiger partial charge in [-0.1, -0.05) is 27.7 Å². The summed E-state index contributed by atoms with van der Waals surface area (Å²) in [4.78, 5) is 21.5. The van der Waals surface area contributed by atoms with Crippen molar-refractivity contribution in [2.45, 2.75) is 50.3 Å². The van der Waals surface area contributed by atoms with Crippen LogP contribution in [0, 0.1) is 0 Å². The first-order valence-corrected chi connectivity index (χ1v) is 11.5. The standard InChI is InChI=1S/C12H26NO6PS2/c1-9(2)20(15,16)7-6-13-12(14)11(22(17,18)19)5-8-21-10(3)4/h9-11H,5-8H2,1-4H3,(H,13,14)(H,15,16)(H,17,18,19). The van der Waals surface area contributed by atoms with Gasteiger partial charge in [0.1, 0.15) is 0 Å². The fourth-order valence-corrected chi connectivity index (χ4v) is 4.25. The summed E-state index contributed by atoms with van der Waals surface area (Å²) in [6.07, 6.45) is -0.135. The van der Waals surface area contributed by atoms with E-state index in [1.54, 1.807) is 13.8 Å². The van der Waals surface area contributed by atoms with Gasteiger partial charge in [-0.2, -0.15) is 20.2 Å². The second kappa shape index (κ2) is 9.27. The van der Waals surface area contributed by atoms with Crippen molar-refractivity contribution in [2.24, 2.45) is 0 Å². The van der Waals surface area contributed by atoms with Crippen molar-refractivity contribution < 1.29 is 27.2 Å². The molecular formula is C12H26NO6PS2. The van der Waals surface area contributed by atoms with Crippen LogP contribution >= 0.6 is 19.1 Å². The molecule has 0 spiro atoms. The molecule has 0 aromatic heterocycles. The largest absolute Gasteiger partial charge is 0.354 e. The van der Waals surface area contributed by atoms with Crippen molar-refractivity contribution in [3.63, 3.8) is 0 Å². The number of thioether (sulfide) groups is 1. The highest BCUT2D eigenvalue weighted by Gasteiger charge is 2.31. The lowest BCUT2D eigenvalue weighted by molar-refractivity contribution is -0.120. The van der Waals surface area contributed by atoms with Gasteiger partial charge in [-0.15, -0.1) is 0 Å². The average Bonchev–Trinajstić information content (AvgIpc) is 2.32. The van der Waals surface area contributed by atoms with Crippen LogP contribution in [-0.4, -0.2) is 58.4 Å². The van der Waals surface area contributed by atoms with Crippen LogP contribution in [0.5, 0.6) is 0 Å². The van der Waals surface area contributed by atoms with Gasteiger partial charge < -0.3 is 10.2 Å². The maximum atomic E-state index is 11.9. The smallest absolute Gasteiger partial charge is 0.276 e. The summed E-state index contributed by atoms with van der Waals surface area (Å²) < 4.78 is 43.5. The quantitative estimate of drug-likeness (QED) is 0.391. The molecule has 0 aliphatic heterocycles. The van der Waals surface area contributed by atoms with Crippen LogP contribution < -0.4 is 5.32 Å². The van der Waals surface area contributed by atoms with Gasteiger partial charge in [0.15, 0.2) is 5.25 Å². The first-order valence-electron chi connectivity index (χ1n) is 7.05. The van der Waals surface area contributed by atoms with E-state index in [1.807, 2.05) is 13.8 Å². The lowest BCUT2D eigenvalue weighted by Gasteiger charge is -2.17. The van der Waals surface area contributed by atoms with Gasteiger partial charge in [0.05, 0.1) is 0 Å². The highest BCUT2D eigenvalue weighted by molar-refractivity contribution is 7.99. The van der Waals surface area contributed by atoms with Crippen LogP contribution in [0.3, 0.4) is 0 Å². The van der Waals surface area contributed by atoms with Crippen LogP contribution in [0.15, 0.2) is 0 Å². The summed E-state index contributed by atoms with van der Waals surface area (Å²) in [5.74, 6) is -0.421. The van der Waals surface area contributed by atoms with Gasteiger partial charge in [-0.25, -0.2) is 0 Å². The van der Waals surface area contributed by atoms with Crippen molar-refractivity contribution >= 4 is 35.2 Å². The van der Waals surface area contributed by atoms with E-state index in [4.69, 9.17) is 4.55 Å². The van der Waals surface area contributed by atoms with Crippen LogP contribution in [-0.2, 0) is 19.5 Å². The SMILES string of the molecule is CC(C)SCCC(C(=O)NCCP(=O)(O)C(C)C)S(=O)(=O)O. The number of rotatable bonds is 10. The van der Waals surface area contributed by atoms with Gasteiger partial charge in [-0.3, -0.25) is 13.9 Å². The Morgan fingerprint density at radius 2 is 1.82 bits per heavy atom. The number of hydrogen-bond acceptors (Lipinski definition) is 5. The summed E-state index contributed by atoms with van der Waals surface area (Å²) in [6, 6.07) is 0. The van der Waals surface area contributed by atoms with E-state index < -0.39 is 34.3 Å². The minimum atomic E-state index is -4.50. The monoisotopic (exact) mass is 375 g/mol. The Hall–Kier alpha value is -0.0800. The van der Waals surface area contributed by atoms with Gasteiger partial charge in [0, 0.05) is 18.4 Å². The number of carbonyl (C=O) groups excluding carboxylic acids is 1. The fourth-order valence-electron chi connectivity index (χ4n) is 1.54. The molecule has 132 valence electrons. The first kappa shape index (κ1) is 21.9. The van der Waals surface area contributed by atoms with E-state index in [0.717, 1.165) is 0 Å². The third-order valence-electron chi connectivity index (χ3n) is 3.02. The number of carbonyl (C=O) groups is 1. The van der Waals surface area contributed by atoms with E-state index in [1.165, 1.54) is 11.8 Å². The Morgan fingerprint density at radius 1 is 1.27 bits per heavy atom. The van der Waals surface area contributed by atoms with E-state index in [2.05, 4.69) is 5.32 Å². The Bertz CT molecular complexity index is 506. The molecule has 0 aliphatic carbocycles. The molecule has 0 saturated carbocycles. The highest BCUT2D eigenvalue weighted by atomic mass is 32.2. The molecule has 0 bridgehead atoms. The number of nitrogens with one attached hydrogen (secondary N) is 1. The van der Waals surface area contributed by atoms with Crippen LogP contribution in [0.4, 0.5) is 0 Å². The molecule has 3 N–H and O–H groups in total. The number of amides is 1. The van der Waals surface area contributed by atoms with Crippen molar-refractivity contribution in [2.75, 3.05) is 18.5 Å². The van der Waals surface area contributed by atoms with Gasteiger partial charge in [0.2, 0.25) is 13.3 Å². The predicted octanol–water partition coefficient (Wildman–Crippen LogP) is 1.57. The Kier molecular flexibility index (Phi) is 9.24. The topological polar surface area (TPSA) is 121 Å². The van der Waals surface area contributed by atoms with Gasteiger partial charge in [0.25, 0.3) is 10.1 Å². The molecule has 0 fully saturated rings. The van der Waals surface area contributed by atoms with Crippen molar-refractivity contribution in [3.05, 3.63) is 0 Å². The molecule has 10 heteroatoms. The average molecular weight is 375 g/mol. The molecular weight excluding hydrogens is 349 g/mol. The zero-order valence-corrected chi connectivity index (χ0v) is 15.9. The second-order valence-electron chi connectivity index (χ2n) is 5.58. The molecule has 0 aromatic rings. The molecule has 0 rings (SSSR count). The summed E-state index contributed by atoms with van der Waals surface area (Å²) in [7, 11) is -7.86. The van der Waals surface area contributed by atoms with Gasteiger partial charge in [-0.05, 0) is 17.4 Å². The molecule has 0 saturated heterocycles. The highest BCUT2D eigenvalue weighted by Crippen LogP contribution is 2.44. The van der Waals surface area contributed by atoms with E-state index in [0.29, 0.717) is 5.75 Å². The lowest BCUT2D eigenvalue weighted by atomic mass is 10.3. The van der Waals surface area contributed by atoms with Crippen molar-refractivity contribution in [3.8, 4) is 0 Å². The van der Waals surface area contributed by atoms with Crippen LogP contribution in [0.1, 0.15) is 34.1 Å². The molecule has 0 aliphatic rings. The summed E-state index contributed by atoms with van der Waals surface area (Å²) >= 11 is 1.49. The predicted molar refractivity (Wildman–Crippen MR) is 90.4 cm³/mol. The second-order valence-corrected chi connectivity index (χ2v) is 11.9. The first-order chi connectivity index (χ1) is 9.88. The number of hydrogen-bond donors (Lipinski definition) is 3. The molecule has 0 aromatic carbocycles. The van der Waals surface area contributed by atoms with Crippen LogP contribution in [0.25, 0.3) is 0 Å². The zero-order valence-electron chi connectivity index (χ0n) is 13.4. The molecule has 22 heavy (non-hydrogen) atoms. The molecule has 0 heterocycles. The Balaban J connectivity index is 4.57. The normalized spacial score (nSPS) is 16.5. The van der Waals surface area contributed by atoms with E-state index >= 15 is 0 Å². The van der Waals surface area contributed by atoms with Crippen molar-refractivity contribution in [1.82, 2.24) is 5.32 Å². The molecule has 2 atom stereocenters. The molecule has 0 radical (unpaired) electrons. The van der Waals surface area contributed by atoms with Gasteiger partial charge >= 0.3 is 0 Å². The van der Waals surface area contributed by atoms with Crippen LogP contribution in [0.2, 0.25) is 0 Å². The summed E-state index contributed by atoms with van der Waals surface area (Å²) in [6.45, 7) is 6.99. The molecule has 1 amide bonds. The minimum absolute atomic E-state index is 0.00548. The lowest BCUT2D eigenvalue weighted by Crippen LogP contribution is -2.41. The molecule has 7 nitrogen and oxygen atoms in total. The summed E-state index contributed by atoms with van der Waals surface area (Å²) in [5.41, 5.74) is -0.427. The maximum Gasteiger partial charge on any atom is 0.276 e. The minimum Gasteiger partial charge on any atom is -0.354 e. The van der Waals surface area contributed by atoms with E-state index in [-0.39, 0.29) is 24.4 Å². The van der Waals surface area contributed by atoms with Crippen molar-refractivity contribution in [1.29, 1.82) is 0 Å². The fraction of sp³-hybridized carbons (Fsp3) is 0.917. The third-order valence-corrected chi connectivity index (χ3v) is 7.81. The third kappa shape index (κ3) is 8.53. The summed E-state index contributed by atoms with van der Waals surface area (Å²) in [5, 5.41) is 1.06. The zero-order chi connectivity index (χ0) is 17.6. The Labute approximate surface area is 136 Å².